The van der Waals surface area contributed by atoms with E-state index in [-0.39, 0.29) is 17.9 Å². The lowest BCUT2D eigenvalue weighted by Gasteiger charge is -2.42. The fourth-order valence-corrected chi connectivity index (χ4v) is 8.12. The molecule has 8 heteroatoms. The second-order valence-corrected chi connectivity index (χ2v) is 14.0. The SMILES string of the molecule is O=C(CC1NCc2ccccc21)N[C@H](Cc1ccc(Cl)cc1)C(=O)N1CCN(C(CC2CCCCC2)CN2CCCC2)CC1. The summed E-state index contributed by atoms with van der Waals surface area (Å²) in [5, 5.41) is 7.28. The molecule has 0 aromatic heterocycles. The van der Waals surface area contributed by atoms with Crippen molar-refractivity contribution in [3.63, 3.8) is 0 Å². The summed E-state index contributed by atoms with van der Waals surface area (Å²) in [7, 11) is 0. The normalized spacial score (nSPS) is 22.9. The largest absolute Gasteiger partial charge is 0.344 e. The Balaban J connectivity index is 1.09. The van der Waals surface area contributed by atoms with E-state index < -0.39 is 6.04 Å². The van der Waals surface area contributed by atoms with Crippen LogP contribution in [0.3, 0.4) is 0 Å². The Hall–Kier alpha value is -2.45. The molecule has 3 fully saturated rings. The molecule has 0 spiro atoms. The van der Waals surface area contributed by atoms with Gasteiger partial charge in [-0.15, -0.1) is 0 Å². The van der Waals surface area contributed by atoms with E-state index in [1.54, 1.807) is 0 Å². The molecule has 7 nitrogen and oxygen atoms in total. The lowest BCUT2D eigenvalue weighted by molar-refractivity contribution is -0.138. The maximum absolute atomic E-state index is 14.1. The molecule has 2 aromatic rings. The Morgan fingerprint density at radius 1 is 0.886 bits per heavy atom. The first-order valence-electron chi connectivity index (χ1n) is 17.1. The van der Waals surface area contributed by atoms with Crippen molar-refractivity contribution in [2.45, 2.75) is 88.9 Å². The van der Waals surface area contributed by atoms with Crippen molar-refractivity contribution in [1.82, 2.24) is 25.3 Å². The first kappa shape index (κ1) is 31.5. The first-order valence-corrected chi connectivity index (χ1v) is 17.5. The third-order valence-corrected chi connectivity index (χ3v) is 10.7. The minimum Gasteiger partial charge on any atom is -0.344 e. The summed E-state index contributed by atoms with van der Waals surface area (Å²) in [5.74, 6) is 0.774. The topological polar surface area (TPSA) is 67.9 Å². The van der Waals surface area contributed by atoms with Crippen molar-refractivity contribution in [3.8, 4) is 0 Å². The average molecular weight is 620 g/mol. The summed E-state index contributed by atoms with van der Waals surface area (Å²) in [5.41, 5.74) is 3.41. The molecule has 1 saturated carbocycles. The molecular weight excluding hydrogens is 570 g/mol. The number of carbonyl (C=O) groups is 2. The van der Waals surface area contributed by atoms with Crippen LogP contribution < -0.4 is 10.6 Å². The number of amides is 2. The zero-order chi connectivity index (χ0) is 30.3. The van der Waals surface area contributed by atoms with Crippen LogP contribution >= 0.6 is 11.6 Å². The summed E-state index contributed by atoms with van der Waals surface area (Å²) in [6, 6.07) is 15.8. The fraction of sp³-hybridized carbons (Fsp3) is 0.611. The third-order valence-electron chi connectivity index (χ3n) is 10.5. The Bertz CT molecular complexity index is 1240. The van der Waals surface area contributed by atoms with Gasteiger partial charge >= 0.3 is 0 Å². The van der Waals surface area contributed by atoms with E-state index in [9.17, 15) is 9.59 Å². The highest BCUT2D eigenvalue weighted by Crippen LogP contribution is 2.30. The number of hydrogen-bond acceptors (Lipinski definition) is 5. The molecule has 3 atom stereocenters. The van der Waals surface area contributed by atoms with Gasteiger partial charge in [0.25, 0.3) is 0 Å². The van der Waals surface area contributed by atoms with Crippen molar-refractivity contribution in [1.29, 1.82) is 0 Å². The molecule has 2 N–H and O–H groups in total. The predicted octanol–water partition coefficient (Wildman–Crippen LogP) is 5.18. The Morgan fingerprint density at radius 3 is 2.36 bits per heavy atom. The van der Waals surface area contributed by atoms with E-state index >= 15 is 0 Å². The fourth-order valence-electron chi connectivity index (χ4n) is 7.99. The van der Waals surface area contributed by atoms with Gasteiger partial charge in [0, 0.05) is 69.2 Å². The van der Waals surface area contributed by atoms with Gasteiger partial charge in [-0.05, 0) is 67.1 Å². The van der Waals surface area contributed by atoms with Gasteiger partial charge in [-0.1, -0.05) is 80.1 Å². The molecule has 6 rings (SSSR count). The molecule has 3 aliphatic heterocycles. The van der Waals surface area contributed by atoms with Gasteiger partial charge in [0.1, 0.15) is 6.04 Å². The van der Waals surface area contributed by atoms with Crippen LogP contribution in [0.1, 0.15) is 80.5 Å². The number of nitrogens with one attached hydrogen (secondary N) is 2. The van der Waals surface area contributed by atoms with Gasteiger partial charge in [-0.3, -0.25) is 14.5 Å². The van der Waals surface area contributed by atoms with Crippen molar-refractivity contribution < 1.29 is 9.59 Å². The number of benzene rings is 2. The first-order chi connectivity index (χ1) is 21.5. The maximum Gasteiger partial charge on any atom is 0.245 e. The van der Waals surface area contributed by atoms with Gasteiger partial charge in [-0.2, -0.15) is 0 Å². The summed E-state index contributed by atoms with van der Waals surface area (Å²) in [6.07, 6.45) is 11.6. The number of rotatable bonds is 11. The van der Waals surface area contributed by atoms with Gasteiger partial charge in [0.15, 0.2) is 0 Å². The Labute approximate surface area is 268 Å². The second kappa shape index (κ2) is 15.2. The molecule has 2 aromatic carbocycles. The van der Waals surface area contributed by atoms with E-state index in [1.807, 2.05) is 41.3 Å². The molecule has 1 aliphatic carbocycles. The monoisotopic (exact) mass is 619 g/mol. The zero-order valence-corrected chi connectivity index (χ0v) is 26.9. The van der Waals surface area contributed by atoms with Crippen LogP contribution in [0.15, 0.2) is 48.5 Å². The van der Waals surface area contributed by atoms with Crippen LogP contribution in [-0.4, -0.2) is 84.4 Å². The minimum absolute atomic E-state index is 0.0242. The van der Waals surface area contributed by atoms with Crippen LogP contribution in [-0.2, 0) is 22.6 Å². The molecule has 2 saturated heterocycles. The number of fused-ring (bicyclic) bond motifs is 1. The van der Waals surface area contributed by atoms with E-state index in [2.05, 4.69) is 32.6 Å². The highest BCUT2D eigenvalue weighted by molar-refractivity contribution is 6.30. The highest BCUT2D eigenvalue weighted by atomic mass is 35.5. The lowest BCUT2D eigenvalue weighted by atomic mass is 9.84. The van der Waals surface area contributed by atoms with Crippen LogP contribution in [0, 0.1) is 5.92 Å². The number of nitrogens with zero attached hydrogens (tertiary/aromatic N) is 3. The van der Waals surface area contributed by atoms with E-state index in [0.29, 0.717) is 37.0 Å². The molecule has 44 heavy (non-hydrogen) atoms. The molecule has 0 bridgehead atoms. The lowest BCUT2D eigenvalue weighted by Crippen LogP contribution is -2.58. The van der Waals surface area contributed by atoms with E-state index in [0.717, 1.165) is 37.7 Å². The van der Waals surface area contributed by atoms with Gasteiger partial charge in [0.2, 0.25) is 11.8 Å². The minimum atomic E-state index is -0.602. The van der Waals surface area contributed by atoms with Crippen molar-refractivity contribution in [2.75, 3.05) is 45.8 Å². The molecule has 3 heterocycles. The summed E-state index contributed by atoms with van der Waals surface area (Å²) in [6.45, 7) is 7.63. The highest BCUT2D eigenvalue weighted by Gasteiger charge is 2.34. The number of hydrogen-bond donors (Lipinski definition) is 2. The van der Waals surface area contributed by atoms with Crippen molar-refractivity contribution in [3.05, 3.63) is 70.2 Å². The quantitative estimate of drug-likeness (QED) is 0.363. The summed E-state index contributed by atoms with van der Waals surface area (Å²) < 4.78 is 0. The smallest absolute Gasteiger partial charge is 0.245 e. The number of piperazine rings is 1. The van der Waals surface area contributed by atoms with Crippen LogP contribution in [0.2, 0.25) is 5.02 Å². The van der Waals surface area contributed by atoms with Gasteiger partial charge < -0.3 is 20.4 Å². The number of halogens is 1. The van der Waals surface area contributed by atoms with Crippen molar-refractivity contribution >= 4 is 23.4 Å². The number of likely N-dealkylation sites (tertiary alicyclic amines) is 1. The van der Waals surface area contributed by atoms with Gasteiger partial charge in [0.05, 0.1) is 0 Å². The molecule has 0 radical (unpaired) electrons. The van der Waals surface area contributed by atoms with E-state index in [1.165, 1.54) is 75.6 Å². The molecule has 4 aliphatic rings. The zero-order valence-electron chi connectivity index (χ0n) is 26.2. The molecule has 2 amide bonds. The van der Waals surface area contributed by atoms with Crippen LogP contribution in [0.5, 0.6) is 0 Å². The number of carbonyl (C=O) groups excluding carboxylic acids is 2. The molecule has 2 unspecified atom stereocenters. The Kier molecular flexibility index (Phi) is 10.9. The summed E-state index contributed by atoms with van der Waals surface area (Å²) >= 11 is 6.15. The second-order valence-electron chi connectivity index (χ2n) is 13.5. The maximum atomic E-state index is 14.1. The van der Waals surface area contributed by atoms with Crippen LogP contribution in [0.4, 0.5) is 0 Å². The summed E-state index contributed by atoms with van der Waals surface area (Å²) in [4.78, 5) is 34.8. The van der Waals surface area contributed by atoms with E-state index in [4.69, 9.17) is 11.6 Å². The molecular formula is C36H50ClN5O2. The van der Waals surface area contributed by atoms with Gasteiger partial charge in [-0.25, -0.2) is 0 Å². The predicted molar refractivity (Wildman–Crippen MR) is 177 cm³/mol. The molecule has 238 valence electrons. The standard InChI is InChI=1S/C36H50ClN5O2/c37-30-14-12-28(13-15-30)23-34(39-35(43)24-33-32-11-5-4-10-29(32)25-38-33)36(44)42-20-18-41(19-21-42)31(26-40-16-6-7-17-40)22-27-8-2-1-3-9-27/h4-5,10-15,27,31,33-34,38H,1-3,6-9,16-26H2,(H,39,43)/t31?,33?,34-/m1/s1. The third kappa shape index (κ3) is 8.22. The van der Waals surface area contributed by atoms with Crippen LogP contribution in [0.25, 0.3) is 0 Å². The van der Waals surface area contributed by atoms with Crippen molar-refractivity contribution in [2.24, 2.45) is 5.92 Å². The average Bonchev–Trinajstić information content (AvgIpc) is 3.72. The Morgan fingerprint density at radius 2 is 1.61 bits per heavy atom.